The van der Waals surface area contributed by atoms with Gasteiger partial charge in [-0.25, -0.2) is 9.78 Å². The van der Waals surface area contributed by atoms with Gasteiger partial charge in [-0.3, -0.25) is 14.4 Å². The number of amides is 3. The number of carbonyl (C=O) groups excluding carboxylic acids is 3. The Morgan fingerprint density at radius 2 is 1.76 bits per heavy atom. The molecule has 1 rings (SSSR count). The molecule has 8 N–H and O–H groups in total. The third-order valence-corrected chi connectivity index (χ3v) is 6.06. The number of carboxylic acid groups (broad SMARTS) is 1. The van der Waals surface area contributed by atoms with Gasteiger partial charge in [0.25, 0.3) is 0 Å². The molecule has 192 valence electrons. The van der Waals surface area contributed by atoms with Crippen LogP contribution in [0.4, 0.5) is 0 Å². The molecule has 1 aromatic rings. The molecule has 0 aliphatic carbocycles. The van der Waals surface area contributed by atoms with Crippen molar-refractivity contribution in [3.05, 3.63) is 18.2 Å². The van der Waals surface area contributed by atoms with E-state index < -0.39 is 54.0 Å². The van der Waals surface area contributed by atoms with E-state index in [-0.39, 0.29) is 12.3 Å². The maximum atomic E-state index is 13.1. The number of carboxylic acids is 1. The summed E-state index contributed by atoms with van der Waals surface area (Å²) in [5, 5.41) is 26.5. The smallest absolute Gasteiger partial charge is 0.328 e. The molecule has 0 aliphatic heterocycles. The van der Waals surface area contributed by atoms with Crippen LogP contribution in [0.15, 0.2) is 12.5 Å². The second-order valence-corrected chi connectivity index (χ2v) is 9.15. The Kier molecular flexibility index (Phi) is 12.6. The molecule has 13 heteroatoms. The molecule has 0 aliphatic rings. The SMILES string of the molecule is CCC(C)C(NC(=O)C(CCSC)NC(=O)C(N)Cc1cnc[nH]1)C(=O)NC(C(=O)O)C(C)O. The summed E-state index contributed by atoms with van der Waals surface area (Å²) in [4.78, 5) is 56.6. The number of aliphatic hydroxyl groups is 1. The van der Waals surface area contributed by atoms with Crippen LogP contribution in [0, 0.1) is 5.92 Å². The lowest BCUT2D eigenvalue weighted by Gasteiger charge is -2.28. The third kappa shape index (κ3) is 9.31. The Labute approximate surface area is 203 Å². The summed E-state index contributed by atoms with van der Waals surface area (Å²) in [7, 11) is 0. The van der Waals surface area contributed by atoms with Crippen molar-refractivity contribution in [3.63, 3.8) is 0 Å². The van der Waals surface area contributed by atoms with E-state index in [1.807, 2.05) is 13.2 Å². The van der Waals surface area contributed by atoms with E-state index in [2.05, 4.69) is 25.9 Å². The van der Waals surface area contributed by atoms with Crippen molar-refractivity contribution in [2.24, 2.45) is 11.7 Å². The summed E-state index contributed by atoms with van der Waals surface area (Å²) in [5.74, 6) is -3.01. The van der Waals surface area contributed by atoms with Crippen LogP contribution in [-0.2, 0) is 25.6 Å². The Balaban J connectivity index is 2.94. The molecule has 34 heavy (non-hydrogen) atoms. The van der Waals surface area contributed by atoms with Crippen molar-refractivity contribution in [1.82, 2.24) is 25.9 Å². The number of H-pyrrole nitrogens is 1. The first-order valence-electron chi connectivity index (χ1n) is 11.0. The molecule has 0 saturated carbocycles. The fourth-order valence-corrected chi connectivity index (χ4v) is 3.57. The molecule has 0 saturated heterocycles. The van der Waals surface area contributed by atoms with E-state index in [9.17, 15) is 29.4 Å². The molecule has 3 amide bonds. The number of nitrogens with one attached hydrogen (secondary N) is 4. The zero-order valence-electron chi connectivity index (χ0n) is 19.9. The Morgan fingerprint density at radius 3 is 2.26 bits per heavy atom. The van der Waals surface area contributed by atoms with Crippen molar-refractivity contribution in [3.8, 4) is 0 Å². The maximum Gasteiger partial charge on any atom is 0.328 e. The molecule has 0 radical (unpaired) electrons. The van der Waals surface area contributed by atoms with Crippen LogP contribution < -0.4 is 21.7 Å². The number of rotatable bonds is 15. The first kappa shape index (κ1) is 29.4. The van der Waals surface area contributed by atoms with E-state index in [0.717, 1.165) is 0 Å². The molecule has 6 atom stereocenters. The average Bonchev–Trinajstić information content (AvgIpc) is 3.29. The lowest BCUT2D eigenvalue weighted by atomic mass is 9.97. The van der Waals surface area contributed by atoms with Gasteiger partial charge in [0.05, 0.1) is 18.5 Å². The highest BCUT2D eigenvalue weighted by atomic mass is 32.2. The third-order valence-electron chi connectivity index (χ3n) is 5.41. The number of aliphatic carboxylic acids is 1. The summed E-state index contributed by atoms with van der Waals surface area (Å²) in [6.07, 6.45) is 4.57. The molecule has 12 nitrogen and oxygen atoms in total. The van der Waals surface area contributed by atoms with E-state index in [1.54, 1.807) is 13.1 Å². The number of aliphatic hydroxyl groups excluding tert-OH is 1. The summed E-state index contributed by atoms with van der Waals surface area (Å²) < 4.78 is 0. The maximum absolute atomic E-state index is 13.1. The van der Waals surface area contributed by atoms with Crippen molar-refractivity contribution in [1.29, 1.82) is 0 Å². The van der Waals surface area contributed by atoms with Crippen LogP contribution in [0.2, 0.25) is 0 Å². The van der Waals surface area contributed by atoms with Gasteiger partial charge < -0.3 is 36.9 Å². The topological polar surface area (TPSA) is 200 Å². The first-order chi connectivity index (χ1) is 16.0. The number of nitrogens with two attached hydrogens (primary N) is 1. The number of aromatic amines is 1. The van der Waals surface area contributed by atoms with Crippen molar-refractivity contribution < 1.29 is 29.4 Å². The molecule has 0 spiro atoms. The molecule has 0 bridgehead atoms. The number of imidazole rings is 1. The van der Waals surface area contributed by atoms with Crippen LogP contribution in [0.5, 0.6) is 0 Å². The van der Waals surface area contributed by atoms with Gasteiger partial charge in [0, 0.05) is 18.3 Å². The molecule has 6 unspecified atom stereocenters. The Bertz CT molecular complexity index is 806. The van der Waals surface area contributed by atoms with E-state index in [0.29, 0.717) is 24.3 Å². The summed E-state index contributed by atoms with van der Waals surface area (Å²) in [6, 6.07) is -4.45. The molecule has 1 heterocycles. The Morgan fingerprint density at radius 1 is 1.12 bits per heavy atom. The van der Waals surface area contributed by atoms with Crippen LogP contribution in [-0.4, -0.2) is 86.2 Å². The second kappa shape index (κ2) is 14.6. The number of thioether (sulfide) groups is 1. The van der Waals surface area contributed by atoms with Crippen molar-refractivity contribution in [2.45, 2.75) is 70.3 Å². The lowest BCUT2D eigenvalue weighted by molar-refractivity contribution is -0.145. The number of hydrogen-bond donors (Lipinski definition) is 7. The fraction of sp³-hybridized carbons (Fsp3) is 0.667. The van der Waals surface area contributed by atoms with Gasteiger partial charge in [-0.1, -0.05) is 20.3 Å². The predicted octanol–water partition coefficient (Wildman–Crippen LogP) is -1.00. The van der Waals surface area contributed by atoms with E-state index in [1.165, 1.54) is 25.0 Å². The molecular formula is C21H36N6O6S. The van der Waals surface area contributed by atoms with Gasteiger partial charge in [-0.05, 0) is 31.3 Å². The van der Waals surface area contributed by atoms with Crippen LogP contribution in [0.25, 0.3) is 0 Å². The van der Waals surface area contributed by atoms with Crippen molar-refractivity contribution >= 4 is 35.5 Å². The zero-order chi connectivity index (χ0) is 25.8. The number of hydrogen-bond acceptors (Lipinski definition) is 8. The highest BCUT2D eigenvalue weighted by Gasteiger charge is 2.34. The highest BCUT2D eigenvalue weighted by molar-refractivity contribution is 7.98. The van der Waals surface area contributed by atoms with E-state index >= 15 is 0 Å². The Hall–Kier alpha value is -2.64. The number of nitrogens with zero attached hydrogens (tertiary/aromatic N) is 1. The van der Waals surface area contributed by atoms with Gasteiger partial charge in [0.1, 0.15) is 12.1 Å². The number of aromatic nitrogens is 2. The predicted molar refractivity (Wildman–Crippen MR) is 128 cm³/mol. The average molecular weight is 501 g/mol. The van der Waals surface area contributed by atoms with Gasteiger partial charge in [-0.15, -0.1) is 0 Å². The van der Waals surface area contributed by atoms with E-state index in [4.69, 9.17) is 5.73 Å². The van der Waals surface area contributed by atoms with Gasteiger partial charge >= 0.3 is 5.97 Å². The van der Waals surface area contributed by atoms with Gasteiger partial charge in [0.15, 0.2) is 6.04 Å². The lowest BCUT2D eigenvalue weighted by Crippen LogP contribution is -2.60. The normalized spacial score (nSPS) is 16.4. The number of carbonyl (C=O) groups is 4. The first-order valence-corrected chi connectivity index (χ1v) is 12.4. The van der Waals surface area contributed by atoms with Gasteiger partial charge in [0.2, 0.25) is 17.7 Å². The van der Waals surface area contributed by atoms with Crippen LogP contribution in [0.1, 0.15) is 39.3 Å². The quantitative estimate of drug-likeness (QED) is 0.158. The standard InChI is InChI=1S/C21H36N6O6S/c1-5-11(2)16(20(31)27-17(12(3)28)21(32)33)26-19(30)15(6-7-34-4)25-18(29)14(22)8-13-9-23-10-24-13/h9-12,14-17,28H,5-8,22H2,1-4H3,(H,23,24)(H,25,29)(H,26,30)(H,27,31)(H,32,33). The molecule has 0 fully saturated rings. The van der Waals surface area contributed by atoms with Gasteiger partial charge in [-0.2, -0.15) is 11.8 Å². The largest absolute Gasteiger partial charge is 0.480 e. The molecular weight excluding hydrogens is 464 g/mol. The minimum Gasteiger partial charge on any atom is -0.480 e. The minimum atomic E-state index is -1.52. The monoisotopic (exact) mass is 500 g/mol. The molecule has 0 aromatic carbocycles. The molecule has 1 aromatic heterocycles. The zero-order valence-corrected chi connectivity index (χ0v) is 20.7. The van der Waals surface area contributed by atoms with Crippen LogP contribution in [0.3, 0.4) is 0 Å². The summed E-state index contributed by atoms with van der Waals surface area (Å²) >= 11 is 1.49. The van der Waals surface area contributed by atoms with Crippen molar-refractivity contribution in [2.75, 3.05) is 12.0 Å². The summed E-state index contributed by atoms with van der Waals surface area (Å²) in [5.41, 5.74) is 6.65. The highest BCUT2D eigenvalue weighted by Crippen LogP contribution is 2.11. The van der Waals surface area contributed by atoms with Crippen LogP contribution >= 0.6 is 11.8 Å². The fourth-order valence-electron chi connectivity index (χ4n) is 3.10. The second-order valence-electron chi connectivity index (χ2n) is 8.17. The minimum absolute atomic E-state index is 0.205. The summed E-state index contributed by atoms with van der Waals surface area (Å²) in [6.45, 7) is 4.80.